The molecule has 6 heteroatoms. The molecule has 0 amide bonds. The number of halogens is 1. The summed E-state index contributed by atoms with van der Waals surface area (Å²) < 4.78 is 6.40. The number of ether oxygens (including phenoxy) is 1. The van der Waals surface area contributed by atoms with Crippen molar-refractivity contribution in [3.05, 3.63) is 88.3 Å². The minimum absolute atomic E-state index is 0.198. The van der Waals surface area contributed by atoms with Gasteiger partial charge in [0.05, 0.1) is 10.7 Å². The van der Waals surface area contributed by atoms with Gasteiger partial charge < -0.3 is 9.84 Å². The zero-order valence-electron chi connectivity index (χ0n) is 14.5. The molecule has 0 spiro atoms. The van der Waals surface area contributed by atoms with Crippen molar-refractivity contribution >= 4 is 50.9 Å². The van der Waals surface area contributed by atoms with Crippen LogP contribution in [0.15, 0.2) is 77.8 Å². The fraction of sp³-hybridized carbons (Fsp3) is 0. The van der Waals surface area contributed by atoms with E-state index in [1.807, 2.05) is 24.3 Å². The Morgan fingerprint density at radius 1 is 1.00 bits per heavy atom. The molecule has 0 bridgehead atoms. The predicted molar refractivity (Wildman–Crippen MR) is 114 cm³/mol. The van der Waals surface area contributed by atoms with Crippen LogP contribution in [0.2, 0.25) is 5.02 Å². The van der Waals surface area contributed by atoms with Crippen LogP contribution in [0.25, 0.3) is 10.1 Å². The van der Waals surface area contributed by atoms with Crippen LogP contribution in [0.5, 0.6) is 11.5 Å². The number of nitrogens with zero attached hydrogens (tertiary/aromatic N) is 1. The van der Waals surface area contributed by atoms with E-state index in [0.29, 0.717) is 15.6 Å². The number of carbonyl (C=O) groups is 1. The number of aromatic hydroxyl groups is 1. The Kier molecular flexibility index (Phi) is 5.10. The van der Waals surface area contributed by atoms with Gasteiger partial charge >= 0.3 is 5.97 Å². The highest BCUT2D eigenvalue weighted by Crippen LogP contribution is 2.35. The zero-order chi connectivity index (χ0) is 19.5. The van der Waals surface area contributed by atoms with Crippen LogP contribution >= 0.6 is 22.9 Å². The molecular formula is C22H14ClNO3S. The summed E-state index contributed by atoms with van der Waals surface area (Å²) in [5.41, 5.74) is 1.58. The van der Waals surface area contributed by atoms with E-state index >= 15 is 0 Å². The Balaban J connectivity index is 1.47. The molecule has 0 atom stereocenters. The fourth-order valence-electron chi connectivity index (χ4n) is 2.61. The lowest BCUT2D eigenvalue weighted by Gasteiger charge is -2.03. The number of phenolic OH excluding ortho intramolecular Hbond substituents is 1. The second-order valence-electron chi connectivity index (χ2n) is 5.97. The van der Waals surface area contributed by atoms with Gasteiger partial charge in [0.2, 0.25) is 0 Å². The number of fused-ring (bicyclic) bond motifs is 1. The van der Waals surface area contributed by atoms with Crippen molar-refractivity contribution < 1.29 is 14.6 Å². The molecule has 0 unspecified atom stereocenters. The molecule has 4 rings (SSSR count). The van der Waals surface area contributed by atoms with Gasteiger partial charge in [-0.25, -0.2) is 4.79 Å². The third kappa shape index (κ3) is 3.91. The van der Waals surface area contributed by atoms with Crippen LogP contribution in [-0.2, 0) is 0 Å². The second kappa shape index (κ2) is 7.84. The third-order valence-electron chi connectivity index (χ3n) is 4.02. The molecule has 0 aliphatic carbocycles. The first-order chi connectivity index (χ1) is 13.6. The number of phenols is 1. The smallest absolute Gasteiger partial charge is 0.355 e. The minimum atomic E-state index is -0.475. The molecule has 0 radical (unpaired) electrons. The van der Waals surface area contributed by atoms with Crippen LogP contribution in [0, 0.1) is 0 Å². The zero-order valence-corrected chi connectivity index (χ0v) is 16.1. The molecule has 0 saturated carbocycles. The summed E-state index contributed by atoms with van der Waals surface area (Å²) in [6.07, 6.45) is 1.70. The molecule has 1 heterocycles. The molecule has 0 aliphatic rings. The molecule has 3 aromatic carbocycles. The van der Waals surface area contributed by atoms with Gasteiger partial charge in [0.15, 0.2) is 0 Å². The van der Waals surface area contributed by atoms with Crippen molar-refractivity contribution in [2.45, 2.75) is 0 Å². The van der Waals surface area contributed by atoms with Crippen molar-refractivity contribution in [1.29, 1.82) is 0 Å². The molecule has 28 heavy (non-hydrogen) atoms. The fourth-order valence-corrected chi connectivity index (χ4v) is 3.99. The van der Waals surface area contributed by atoms with Crippen molar-refractivity contribution in [3.8, 4) is 11.5 Å². The molecule has 4 nitrogen and oxygen atoms in total. The number of carbonyl (C=O) groups excluding carboxylic acids is 1. The van der Waals surface area contributed by atoms with Gasteiger partial charge in [-0.1, -0.05) is 29.8 Å². The summed E-state index contributed by atoms with van der Waals surface area (Å²) in [6, 6.07) is 21.2. The summed E-state index contributed by atoms with van der Waals surface area (Å²) in [5.74, 6) is 0.154. The Hall–Kier alpha value is -3.15. The maximum Gasteiger partial charge on any atom is 0.355 e. The van der Waals surface area contributed by atoms with E-state index in [1.165, 1.54) is 11.3 Å². The van der Waals surface area contributed by atoms with Crippen molar-refractivity contribution in [2.24, 2.45) is 4.99 Å². The van der Waals surface area contributed by atoms with Gasteiger partial charge in [-0.05, 0) is 60.2 Å². The Bertz CT molecular complexity index is 1160. The largest absolute Gasteiger partial charge is 0.508 e. The van der Waals surface area contributed by atoms with Crippen molar-refractivity contribution in [1.82, 2.24) is 0 Å². The van der Waals surface area contributed by atoms with Gasteiger partial charge in [0.1, 0.15) is 16.4 Å². The van der Waals surface area contributed by atoms with E-state index in [9.17, 15) is 9.90 Å². The number of thiophene rings is 1. The average Bonchev–Trinajstić information content (AvgIpc) is 3.06. The molecule has 1 aromatic heterocycles. The first-order valence-corrected chi connectivity index (χ1v) is 9.62. The lowest BCUT2D eigenvalue weighted by Crippen LogP contribution is -2.06. The normalized spacial score (nSPS) is 11.2. The molecule has 0 aliphatic heterocycles. The number of rotatable bonds is 4. The van der Waals surface area contributed by atoms with Crippen molar-refractivity contribution in [2.75, 3.05) is 0 Å². The standard InChI is InChI=1S/C22H14ClNO3S/c23-20-18-3-1-2-4-19(18)28-21(20)22(26)27-17-11-5-14(6-12-17)13-24-15-7-9-16(25)10-8-15/h1-13,25H. The lowest BCUT2D eigenvalue weighted by atomic mass is 10.2. The maximum absolute atomic E-state index is 12.5. The number of esters is 1. The quantitative estimate of drug-likeness (QED) is 0.248. The third-order valence-corrected chi connectivity index (χ3v) is 5.68. The Labute approximate surface area is 170 Å². The van der Waals surface area contributed by atoms with Crippen LogP contribution in [0.3, 0.4) is 0 Å². The Morgan fingerprint density at radius 2 is 1.71 bits per heavy atom. The van der Waals surface area contributed by atoms with E-state index in [-0.39, 0.29) is 5.75 Å². The van der Waals surface area contributed by atoms with Crippen LogP contribution < -0.4 is 4.74 Å². The van der Waals surface area contributed by atoms with E-state index in [1.54, 1.807) is 54.7 Å². The topological polar surface area (TPSA) is 58.9 Å². The second-order valence-corrected chi connectivity index (χ2v) is 7.40. The predicted octanol–water partition coefficient (Wildman–Crippen LogP) is 6.23. The minimum Gasteiger partial charge on any atom is -0.508 e. The molecule has 4 aromatic rings. The van der Waals surface area contributed by atoms with Crippen molar-refractivity contribution in [3.63, 3.8) is 0 Å². The summed E-state index contributed by atoms with van der Waals surface area (Å²) in [4.78, 5) is 17.2. The van der Waals surface area contributed by atoms with Crippen LogP contribution in [0.4, 0.5) is 5.69 Å². The van der Waals surface area contributed by atoms with Gasteiger partial charge in [-0.15, -0.1) is 11.3 Å². The van der Waals surface area contributed by atoms with Gasteiger partial charge in [-0.3, -0.25) is 4.99 Å². The molecule has 0 saturated heterocycles. The SMILES string of the molecule is O=C(Oc1ccc(C=Nc2ccc(O)cc2)cc1)c1sc2ccccc2c1Cl. The number of hydrogen-bond acceptors (Lipinski definition) is 5. The number of hydrogen-bond donors (Lipinski definition) is 1. The molecule has 1 N–H and O–H groups in total. The summed E-state index contributed by atoms with van der Waals surface area (Å²) in [7, 11) is 0. The summed E-state index contributed by atoms with van der Waals surface area (Å²) in [5, 5.41) is 10.6. The molecule has 138 valence electrons. The lowest BCUT2D eigenvalue weighted by molar-refractivity contribution is 0.0740. The van der Waals surface area contributed by atoms with Crippen LogP contribution in [0.1, 0.15) is 15.2 Å². The molecule has 0 fully saturated rings. The van der Waals surface area contributed by atoms with E-state index in [2.05, 4.69) is 4.99 Å². The monoisotopic (exact) mass is 407 g/mol. The number of aliphatic imine (C=N–C) groups is 1. The molecular weight excluding hydrogens is 394 g/mol. The van der Waals surface area contributed by atoms with Gasteiger partial charge in [0, 0.05) is 16.3 Å². The number of benzene rings is 3. The average molecular weight is 408 g/mol. The highest BCUT2D eigenvalue weighted by molar-refractivity contribution is 7.21. The summed E-state index contributed by atoms with van der Waals surface area (Å²) in [6.45, 7) is 0. The van der Waals surface area contributed by atoms with Gasteiger partial charge in [-0.2, -0.15) is 0 Å². The van der Waals surface area contributed by atoms with E-state index in [0.717, 1.165) is 21.3 Å². The van der Waals surface area contributed by atoms with Gasteiger partial charge in [0.25, 0.3) is 0 Å². The van der Waals surface area contributed by atoms with Crippen LogP contribution in [-0.4, -0.2) is 17.3 Å². The first kappa shape index (κ1) is 18.2. The van der Waals surface area contributed by atoms with E-state index in [4.69, 9.17) is 16.3 Å². The first-order valence-electron chi connectivity index (χ1n) is 8.42. The van der Waals surface area contributed by atoms with E-state index < -0.39 is 5.97 Å². The summed E-state index contributed by atoms with van der Waals surface area (Å²) >= 11 is 7.64. The maximum atomic E-state index is 12.5. The Morgan fingerprint density at radius 3 is 2.43 bits per heavy atom. The highest BCUT2D eigenvalue weighted by atomic mass is 35.5. The highest BCUT2D eigenvalue weighted by Gasteiger charge is 2.18.